The first kappa shape index (κ1) is 13.7. The summed E-state index contributed by atoms with van der Waals surface area (Å²) in [4.78, 5) is 20.8. The largest absolute Gasteiger partial charge is 0.357 e. The van der Waals surface area contributed by atoms with Gasteiger partial charge in [-0.3, -0.25) is 4.79 Å². The highest BCUT2D eigenvalue weighted by atomic mass is 16.2. The molecule has 2 aromatic rings. The van der Waals surface area contributed by atoms with E-state index in [0.717, 1.165) is 37.6 Å². The van der Waals surface area contributed by atoms with E-state index in [-0.39, 0.29) is 5.91 Å². The predicted octanol–water partition coefficient (Wildman–Crippen LogP) is 1.31. The summed E-state index contributed by atoms with van der Waals surface area (Å²) >= 11 is 0. The molecule has 0 bridgehead atoms. The first-order valence-corrected chi connectivity index (χ1v) is 7.27. The highest BCUT2D eigenvalue weighted by Crippen LogP contribution is 2.13. The third kappa shape index (κ3) is 3.24. The van der Waals surface area contributed by atoms with Gasteiger partial charge in [-0.1, -0.05) is 6.07 Å². The Hall–Kier alpha value is -2.30. The zero-order chi connectivity index (χ0) is 14.7. The average Bonchev–Trinajstić information content (AvgIpc) is 2.93. The zero-order valence-corrected chi connectivity index (χ0v) is 12.3. The molecule has 1 saturated heterocycles. The Bertz CT molecular complexity index is 600. The fourth-order valence-corrected chi connectivity index (χ4v) is 2.68. The number of carbonyl (C=O) groups excluding carboxylic acids is 1. The molecule has 1 fully saturated rings. The van der Waals surface area contributed by atoms with Crippen LogP contribution in [-0.2, 0) is 18.3 Å². The van der Waals surface area contributed by atoms with Gasteiger partial charge in [0.1, 0.15) is 5.82 Å². The second kappa shape index (κ2) is 5.99. The summed E-state index contributed by atoms with van der Waals surface area (Å²) in [5.74, 6) is 1.20. The molecule has 0 aromatic carbocycles. The van der Waals surface area contributed by atoms with Crippen LogP contribution in [0.15, 0.2) is 42.9 Å². The number of hydrogen-bond acceptors (Lipinski definition) is 3. The van der Waals surface area contributed by atoms with Gasteiger partial charge < -0.3 is 14.4 Å². The molecule has 0 N–H and O–H groups in total. The van der Waals surface area contributed by atoms with Crippen molar-refractivity contribution in [3.8, 4) is 0 Å². The molecule has 1 amide bonds. The van der Waals surface area contributed by atoms with Gasteiger partial charge in [0.05, 0.1) is 6.42 Å². The number of nitrogens with zero attached hydrogens (tertiary/aromatic N) is 4. The summed E-state index contributed by atoms with van der Waals surface area (Å²) in [6, 6.07) is 7.93. The van der Waals surface area contributed by atoms with Gasteiger partial charge in [0.2, 0.25) is 5.91 Å². The van der Waals surface area contributed by atoms with Gasteiger partial charge in [-0.05, 0) is 23.8 Å². The molecular weight excluding hydrogens is 264 g/mol. The lowest BCUT2D eigenvalue weighted by atomic mass is 10.2. The minimum atomic E-state index is 0.210. The van der Waals surface area contributed by atoms with Gasteiger partial charge in [-0.15, -0.1) is 0 Å². The molecular formula is C16H20N4O. The Morgan fingerprint density at radius 2 is 2.00 bits per heavy atom. The van der Waals surface area contributed by atoms with Crippen molar-refractivity contribution in [1.82, 2.24) is 14.5 Å². The summed E-state index contributed by atoms with van der Waals surface area (Å²) < 4.78 is 1.97. The van der Waals surface area contributed by atoms with E-state index >= 15 is 0 Å². The van der Waals surface area contributed by atoms with Crippen LogP contribution in [0.3, 0.4) is 0 Å². The van der Waals surface area contributed by atoms with E-state index in [1.54, 1.807) is 0 Å². The highest BCUT2D eigenvalue weighted by molar-refractivity contribution is 5.79. The number of carbonyl (C=O) groups is 1. The third-order valence-electron chi connectivity index (χ3n) is 3.85. The molecule has 110 valence electrons. The van der Waals surface area contributed by atoms with Gasteiger partial charge in [-0.2, -0.15) is 0 Å². The van der Waals surface area contributed by atoms with Crippen molar-refractivity contribution in [3.05, 3.63) is 48.4 Å². The Labute approximate surface area is 124 Å². The van der Waals surface area contributed by atoms with Crippen molar-refractivity contribution >= 4 is 11.7 Å². The van der Waals surface area contributed by atoms with Crippen LogP contribution in [0, 0.1) is 0 Å². The van der Waals surface area contributed by atoms with Crippen LogP contribution in [-0.4, -0.2) is 46.5 Å². The van der Waals surface area contributed by atoms with E-state index in [0.29, 0.717) is 6.42 Å². The lowest BCUT2D eigenvalue weighted by Gasteiger charge is -2.35. The standard InChI is InChI=1S/C16H20N4O/c1-18-7-5-14(13-18)12-16(21)20-10-8-19(9-11-20)15-4-2-3-6-17-15/h2-7,13H,8-12H2,1H3. The third-order valence-corrected chi connectivity index (χ3v) is 3.85. The molecule has 0 saturated carbocycles. The van der Waals surface area contributed by atoms with Crippen molar-refractivity contribution in [1.29, 1.82) is 0 Å². The summed E-state index contributed by atoms with van der Waals surface area (Å²) in [7, 11) is 1.97. The predicted molar refractivity (Wildman–Crippen MR) is 82.1 cm³/mol. The molecule has 0 spiro atoms. The summed E-state index contributed by atoms with van der Waals surface area (Å²) in [5.41, 5.74) is 1.08. The lowest BCUT2D eigenvalue weighted by molar-refractivity contribution is -0.130. The van der Waals surface area contributed by atoms with Crippen LogP contribution < -0.4 is 4.90 Å². The quantitative estimate of drug-likeness (QED) is 0.853. The highest BCUT2D eigenvalue weighted by Gasteiger charge is 2.21. The number of amides is 1. The molecule has 5 nitrogen and oxygen atoms in total. The SMILES string of the molecule is Cn1ccc(CC(=O)N2CCN(c3ccccn3)CC2)c1. The van der Waals surface area contributed by atoms with Crippen LogP contribution in [0.4, 0.5) is 5.82 Å². The van der Waals surface area contributed by atoms with Gasteiger partial charge >= 0.3 is 0 Å². The van der Waals surface area contributed by atoms with Crippen molar-refractivity contribution in [2.75, 3.05) is 31.1 Å². The zero-order valence-electron chi connectivity index (χ0n) is 12.3. The minimum absolute atomic E-state index is 0.210. The van der Waals surface area contributed by atoms with E-state index < -0.39 is 0 Å². The van der Waals surface area contributed by atoms with Crippen LogP contribution >= 0.6 is 0 Å². The van der Waals surface area contributed by atoms with Crippen molar-refractivity contribution in [2.45, 2.75) is 6.42 Å². The van der Waals surface area contributed by atoms with Crippen LogP contribution in [0.1, 0.15) is 5.56 Å². The van der Waals surface area contributed by atoms with Crippen molar-refractivity contribution < 1.29 is 4.79 Å². The van der Waals surface area contributed by atoms with Gasteiger partial charge in [-0.25, -0.2) is 4.98 Å². The summed E-state index contributed by atoms with van der Waals surface area (Å²) in [5, 5.41) is 0. The van der Waals surface area contributed by atoms with E-state index in [1.165, 1.54) is 0 Å². The molecule has 0 aliphatic carbocycles. The smallest absolute Gasteiger partial charge is 0.227 e. The maximum atomic E-state index is 12.3. The lowest BCUT2D eigenvalue weighted by Crippen LogP contribution is -2.49. The van der Waals surface area contributed by atoms with Crippen molar-refractivity contribution in [2.24, 2.45) is 7.05 Å². The van der Waals surface area contributed by atoms with E-state index in [9.17, 15) is 4.79 Å². The number of aromatic nitrogens is 2. The molecule has 0 radical (unpaired) electrons. The number of hydrogen-bond donors (Lipinski definition) is 0. The van der Waals surface area contributed by atoms with Crippen LogP contribution in [0.25, 0.3) is 0 Å². The molecule has 1 aliphatic rings. The first-order valence-electron chi connectivity index (χ1n) is 7.27. The van der Waals surface area contributed by atoms with Gasteiger partial charge in [0.15, 0.2) is 0 Å². The Kier molecular flexibility index (Phi) is 3.90. The van der Waals surface area contributed by atoms with Gasteiger partial charge in [0, 0.05) is 51.8 Å². The Morgan fingerprint density at radius 1 is 1.19 bits per heavy atom. The maximum absolute atomic E-state index is 12.3. The monoisotopic (exact) mass is 284 g/mol. The minimum Gasteiger partial charge on any atom is -0.357 e. The second-order valence-electron chi connectivity index (χ2n) is 5.42. The normalized spacial score (nSPS) is 15.3. The Morgan fingerprint density at radius 3 is 2.62 bits per heavy atom. The number of anilines is 1. The molecule has 1 aliphatic heterocycles. The van der Waals surface area contributed by atoms with E-state index in [4.69, 9.17) is 0 Å². The summed E-state index contributed by atoms with van der Waals surface area (Å²) in [6.45, 7) is 3.22. The number of piperazine rings is 1. The Balaban J connectivity index is 1.54. The topological polar surface area (TPSA) is 41.4 Å². The number of aryl methyl sites for hydroxylation is 1. The molecule has 21 heavy (non-hydrogen) atoms. The second-order valence-corrected chi connectivity index (χ2v) is 5.42. The average molecular weight is 284 g/mol. The van der Waals surface area contributed by atoms with Crippen LogP contribution in [0.2, 0.25) is 0 Å². The molecule has 0 atom stereocenters. The van der Waals surface area contributed by atoms with Gasteiger partial charge in [0.25, 0.3) is 0 Å². The van der Waals surface area contributed by atoms with E-state index in [1.807, 2.05) is 59.4 Å². The van der Waals surface area contributed by atoms with Crippen molar-refractivity contribution in [3.63, 3.8) is 0 Å². The maximum Gasteiger partial charge on any atom is 0.227 e. The molecule has 2 aromatic heterocycles. The summed E-state index contributed by atoms with van der Waals surface area (Å²) in [6.07, 6.45) is 6.27. The first-order chi connectivity index (χ1) is 10.2. The molecule has 0 unspecified atom stereocenters. The fourth-order valence-electron chi connectivity index (χ4n) is 2.68. The molecule has 3 heterocycles. The molecule has 5 heteroatoms. The molecule has 3 rings (SSSR count). The fraction of sp³-hybridized carbons (Fsp3) is 0.375. The van der Waals surface area contributed by atoms with Crippen LogP contribution in [0.5, 0.6) is 0 Å². The number of pyridine rings is 1. The van der Waals surface area contributed by atoms with E-state index in [2.05, 4.69) is 9.88 Å². The number of rotatable bonds is 3.